The number of benzene rings is 6. The van der Waals surface area contributed by atoms with Crippen LogP contribution in [0, 0.1) is 11.8 Å². The number of carbonyl (C=O) groups is 9. The summed E-state index contributed by atoms with van der Waals surface area (Å²) in [5.41, 5.74) is 16.7. The second kappa shape index (κ2) is 57.8. The number of nitrogens with one attached hydrogen (secondary N) is 6. The Bertz CT molecular complexity index is 6280. The summed E-state index contributed by atoms with van der Waals surface area (Å²) in [5, 5.41) is 163. The van der Waals surface area contributed by atoms with E-state index in [1.54, 1.807) is 44.1 Å². The molecule has 0 amide bonds. The average Bonchev–Trinajstić information content (AvgIpc) is 0.903. The van der Waals surface area contributed by atoms with Crippen molar-refractivity contribution in [1.82, 2.24) is 61.2 Å². The highest BCUT2D eigenvalue weighted by Gasteiger charge is 2.26. The Morgan fingerprint density at radius 1 is 0.268 bits per heavy atom. The standard InChI is InChI=1S/C18H22N4O4.C17H20N4O4.C17H20N4O2.C16H18N4O4.C16H18N4O2.C12H12N4O2/c23-16(24)11-5-3-1-2-4-10-15(18(25)26)20-22-17-14-9-7-6-8-13(14)12-19-21-17;22-15(23)10-4-2-1-3-9-14(17(24)25)19-21-16-13-8-6-5-7-12(13)11-18-20-16;22-17(23)15(10-12-6-2-1-3-7-12)19-21-16-14-9-5-4-8-13(14)11-18-20-16;21-14(22)9-3-1-2-8-13(16(23)24)18-20-15-12-7-5-4-6-11(12)10-17-19-15;21-16(22)14(11-6-2-1-3-7-11)18-20-15-13-9-5-4-8-12(13)10-17-19-15;1-2-10(12(17)18)14-16-11-9-6-4-3-5-8(9)7-13-15-11/h6-9,12H,1-5,10-11H2,(H,21,22)(H,23,24)(H,25,26);5-8,11H,1-4,9-10H2,(H,20,21)(H,22,23)(H,24,25);4-5,8-9,11-12H,1-3,6-7,10H2,(H,20,21)(H,22,23);4-7,10H,1-3,8-9H2,(H,19,20)(H,21,22)(H,23,24);4-5,8-11H,1-3,6-7H2,(H,19,20)(H,21,22);3-7H,2H2,1H3,(H,15,16)(H,17,18)/b20-15+;19-14+;19-15+;18-13+;18-14+;14-10+. The molecule has 0 atom stereocenters. The van der Waals surface area contributed by atoms with Gasteiger partial charge in [-0.2, -0.15) is 61.2 Å². The minimum Gasteiger partial charge on any atom is -0.481 e. The van der Waals surface area contributed by atoms with Crippen LogP contribution in [0.2, 0.25) is 0 Å². The van der Waals surface area contributed by atoms with Crippen molar-refractivity contribution in [3.63, 3.8) is 0 Å². The Kier molecular flexibility index (Phi) is 44.0. The van der Waals surface area contributed by atoms with Crippen molar-refractivity contribution in [3.8, 4) is 0 Å². The average molecular weight is 1890 g/mol. The van der Waals surface area contributed by atoms with Gasteiger partial charge in [-0.15, -0.1) is 30.6 Å². The molecule has 138 heavy (non-hydrogen) atoms. The number of hydrogen-bond acceptors (Lipinski definition) is 33. The summed E-state index contributed by atoms with van der Waals surface area (Å²) in [5.74, 6) is -5.68. The molecule has 42 nitrogen and oxygen atoms in total. The van der Waals surface area contributed by atoms with Gasteiger partial charge in [0.2, 0.25) is 0 Å². The molecule has 0 radical (unpaired) electrons. The van der Waals surface area contributed by atoms with Crippen molar-refractivity contribution in [2.75, 3.05) is 32.6 Å². The van der Waals surface area contributed by atoms with Crippen molar-refractivity contribution in [3.05, 3.63) is 183 Å². The normalized spacial score (nSPS) is 13.1. The van der Waals surface area contributed by atoms with Crippen molar-refractivity contribution in [1.29, 1.82) is 0 Å². The fourth-order valence-corrected chi connectivity index (χ4v) is 14.6. The first kappa shape index (κ1) is 105. The second-order valence-corrected chi connectivity index (χ2v) is 31.8. The summed E-state index contributed by atoms with van der Waals surface area (Å²) in [4.78, 5) is 98.9. The van der Waals surface area contributed by atoms with Gasteiger partial charge in [0.1, 0.15) is 34.3 Å². The summed E-state index contributed by atoms with van der Waals surface area (Å²) in [6.07, 6.45) is 31.1. The van der Waals surface area contributed by atoms with E-state index in [1.165, 1.54) is 25.7 Å². The number of hydrazone groups is 6. The predicted molar refractivity (Wildman–Crippen MR) is 523 cm³/mol. The van der Waals surface area contributed by atoms with Gasteiger partial charge >= 0.3 is 53.7 Å². The number of rotatable bonds is 43. The smallest absolute Gasteiger partial charge is 0.352 e. The number of carboxylic acids is 9. The number of anilines is 6. The van der Waals surface area contributed by atoms with Gasteiger partial charge in [-0.3, -0.25) is 46.9 Å². The molecule has 0 saturated heterocycles. The maximum absolute atomic E-state index is 11.5. The molecule has 14 rings (SSSR count). The number of aliphatic carboxylic acids is 9. The van der Waals surface area contributed by atoms with Crippen LogP contribution in [0.1, 0.15) is 200 Å². The fourth-order valence-electron chi connectivity index (χ4n) is 14.6. The van der Waals surface area contributed by atoms with Crippen LogP contribution in [-0.2, 0) is 43.2 Å². The molecule has 0 spiro atoms. The molecule has 0 unspecified atom stereocenters. The van der Waals surface area contributed by atoms with Gasteiger partial charge in [0.15, 0.2) is 34.9 Å². The van der Waals surface area contributed by atoms with E-state index in [2.05, 4.69) is 124 Å². The van der Waals surface area contributed by atoms with E-state index in [-0.39, 0.29) is 65.9 Å². The van der Waals surface area contributed by atoms with E-state index in [4.69, 9.17) is 20.4 Å². The number of carboxylic acid groups (broad SMARTS) is 9. The summed E-state index contributed by atoms with van der Waals surface area (Å²) >= 11 is 0. The lowest BCUT2D eigenvalue weighted by Crippen LogP contribution is -2.26. The molecule has 2 saturated carbocycles. The van der Waals surface area contributed by atoms with E-state index >= 15 is 0 Å². The molecule has 42 heteroatoms. The van der Waals surface area contributed by atoms with Gasteiger partial charge < -0.3 is 46.0 Å². The first-order valence-electron chi connectivity index (χ1n) is 45.2. The van der Waals surface area contributed by atoms with Crippen LogP contribution < -0.4 is 32.6 Å². The van der Waals surface area contributed by atoms with Crippen LogP contribution in [0.25, 0.3) is 64.6 Å². The monoisotopic (exact) mass is 1890 g/mol. The molecular weight excluding hydrogens is 1780 g/mol. The Balaban J connectivity index is 0.000000186. The maximum atomic E-state index is 11.5. The van der Waals surface area contributed by atoms with Gasteiger partial charge in [0.25, 0.3) is 0 Å². The maximum Gasteiger partial charge on any atom is 0.352 e. The van der Waals surface area contributed by atoms with Gasteiger partial charge in [-0.05, 0) is 83.0 Å². The number of nitrogens with zero attached hydrogens (tertiary/aromatic N) is 18. The number of fused-ring (bicyclic) bond motifs is 6. The van der Waals surface area contributed by atoms with Crippen molar-refractivity contribution in [2.45, 2.75) is 200 Å². The van der Waals surface area contributed by atoms with Crippen LogP contribution in [0.5, 0.6) is 0 Å². The highest BCUT2D eigenvalue weighted by atomic mass is 16.4. The second-order valence-electron chi connectivity index (χ2n) is 31.8. The topological polar surface area (TPSA) is 637 Å². The van der Waals surface area contributed by atoms with Crippen molar-refractivity contribution >= 4 is 188 Å². The molecule has 722 valence electrons. The highest BCUT2D eigenvalue weighted by Crippen LogP contribution is 2.31. The molecule has 6 aromatic carbocycles. The molecule has 2 fully saturated rings. The minimum absolute atomic E-state index is 0.00738. The molecule has 2 aliphatic carbocycles. The summed E-state index contributed by atoms with van der Waals surface area (Å²) in [7, 11) is 0. The zero-order chi connectivity index (χ0) is 98.6. The van der Waals surface area contributed by atoms with Crippen LogP contribution >= 0.6 is 0 Å². The number of unbranched alkanes of at least 4 members (excludes halogenated alkanes) is 9. The predicted octanol–water partition coefficient (Wildman–Crippen LogP) is 17.1. The molecule has 0 bridgehead atoms. The quantitative estimate of drug-likeness (QED) is 0.00958. The molecule has 6 aromatic heterocycles. The number of aromatic nitrogens is 12. The molecule has 6 heterocycles. The van der Waals surface area contributed by atoms with Gasteiger partial charge in [0.05, 0.1) is 37.2 Å². The van der Waals surface area contributed by atoms with Gasteiger partial charge in [-0.25, -0.2) is 28.8 Å². The highest BCUT2D eigenvalue weighted by molar-refractivity contribution is 6.38. The zero-order valence-electron chi connectivity index (χ0n) is 75.9. The Labute approximate surface area is 791 Å². The zero-order valence-corrected chi connectivity index (χ0v) is 75.9. The lowest BCUT2D eigenvalue weighted by molar-refractivity contribution is -0.138. The first-order chi connectivity index (χ1) is 66.9. The van der Waals surface area contributed by atoms with E-state index < -0.39 is 53.7 Å². The lowest BCUT2D eigenvalue weighted by atomic mass is 9.85. The third kappa shape index (κ3) is 35.7. The lowest BCUT2D eigenvalue weighted by Gasteiger charge is -2.20. The summed E-state index contributed by atoms with van der Waals surface area (Å²) < 4.78 is 0. The van der Waals surface area contributed by atoms with Gasteiger partial charge in [-0.1, -0.05) is 242 Å². The van der Waals surface area contributed by atoms with Gasteiger partial charge in [0, 0.05) is 96.2 Å². The van der Waals surface area contributed by atoms with E-state index in [1.807, 2.05) is 146 Å². The third-order valence-corrected chi connectivity index (χ3v) is 21.8. The Hall–Kier alpha value is -16.6. The minimum atomic E-state index is -1.12. The van der Waals surface area contributed by atoms with Crippen molar-refractivity contribution < 1.29 is 89.1 Å². The third-order valence-electron chi connectivity index (χ3n) is 21.8. The Morgan fingerprint density at radius 3 is 0.746 bits per heavy atom. The van der Waals surface area contributed by atoms with E-state index in [0.29, 0.717) is 111 Å². The Morgan fingerprint density at radius 2 is 0.493 bits per heavy atom. The SMILES string of the molecule is CC/C(=N\Nc1nncc2ccccc12)C(=O)O.O=C(O)/C(=N/Nc1nncc2ccccc12)C1CCCCC1.O=C(O)/C(CC1CCCCC1)=N/Nc1nncc2ccccc12.O=C(O)CCCCC/C(=N\Nc1nncc2ccccc12)C(=O)O.O=C(O)CCCCCC/C(=N\Nc1nncc2ccccc12)C(=O)O.O=C(O)CCCCCCC/C(=N\Nc1nncc2ccccc12)C(=O)O. The molecule has 12 aromatic rings. The summed E-state index contributed by atoms with van der Waals surface area (Å²) in [6.45, 7) is 1.73. The van der Waals surface area contributed by atoms with Crippen LogP contribution in [0.15, 0.2) is 213 Å². The van der Waals surface area contributed by atoms with Crippen LogP contribution in [-0.4, -0.2) is 195 Å². The molecule has 15 N–H and O–H groups in total. The van der Waals surface area contributed by atoms with E-state index in [0.717, 1.165) is 135 Å². The molecule has 2 aliphatic rings. The number of hydrogen-bond donors (Lipinski definition) is 15. The van der Waals surface area contributed by atoms with Crippen LogP contribution in [0.3, 0.4) is 0 Å². The molecule has 0 aliphatic heterocycles. The largest absolute Gasteiger partial charge is 0.481 e. The molecular formula is C96H110N24O18. The van der Waals surface area contributed by atoms with Crippen molar-refractivity contribution in [2.24, 2.45) is 42.4 Å². The van der Waals surface area contributed by atoms with E-state index in [9.17, 15) is 68.7 Å². The fraction of sp³-hybridized carbons (Fsp3) is 0.344. The van der Waals surface area contributed by atoms with Crippen LogP contribution in [0.4, 0.5) is 34.9 Å². The summed E-state index contributed by atoms with van der Waals surface area (Å²) in [6, 6.07) is 45.2. The first-order valence-corrected chi connectivity index (χ1v) is 45.2.